The van der Waals surface area contributed by atoms with E-state index in [0.717, 1.165) is 29.4 Å². The van der Waals surface area contributed by atoms with Gasteiger partial charge in [0.05, 0.1) is 22.4 Å². The van der Waals surface area contributed by atoms with Gasteiger partial charge in [-0.1, -0.05) is 25.1 Å². The van der Waals surface area contributed by atoms with E-state index in [2.05, 4.69) is 30.0 Å². The molecule has 5 heteroatoms. The molecule has 0 aliphatic carbocycles. The summed E-state index contributed by atoms with van der Waals surface area (Å²) in [5, 5.41) is 0.114. The number of rotatable bonds is 2. The molecule has 0 radical (unpaired) electrons. The lowest BCUT2D eigenvalue weighted by molar-refractivity contribution is 0.393. The van der Waals surface area contributed by atoms with E-state index in [-0.39, 0.29) is 16.4 Å². The van der Waals surface area contributed by atoms with Crippen molar-refractivity contribution in [3.05, 3.63) is 52.7 Å². The van der Waals surface area contributed by atoms with E-state index in [1.54, 1.807) is 19.1 Å². The number of nitrogens with zero attached hydrogens (tertiary/aromatic N) is 3. The molecule has 3 rings (SSSR count). The molecule has 0 spiro atoms. The van der Waals surface area contributed by atoms with Crippen LogP contribution in [0.15, 0.2) is 30.6 Å². The zero-order valence-electron chi connectivity index (χ0n) is 13.2. The van der Waals surface area contributed by atoms with Crippen LogP contribution in [0.25, 0.3) is 0 Å². The molecular formula is C17H19ClFN3. The van der Waals surface area contributed by atoms with Crippen molar-refractivity contribution in [1.82, 2.24) is 9.55 Å². The van der Waals surface area contributed by atoms with Crippen LogP contribution in [0.1, 0.15) is 31.5 Å². The molecule has 0 saturated heterocycles. The number of benzene rings is 1. The van der Waals surface area contributed by atoms with Crippen LogP contribution >= 0.6 is 11.6 Å². The normalized spacial score (nSPS) is 20.6. The summed E-state index contributed by atoms with van der Waals surface area (Å²) < 4.78 is 16.0. The van der Waals surface area contributed by atoms with Crippen LogP contribution in [0, 0.1) is 19.7 Å². The topological polar surface area (TPSA) is 21.1 Å². The number of aromatic nitrogens is 2. The molecule has 3 nitrogen and oxygen atoms in total. The molecule has 1 atom stereocenters. The molecule has 1 aromatic carbocycles. The first kappa shape index (κ1) is 15.1. The fourth-order valence-corrected chi connectivity index (χ4v) is 3.41. The van der Waals surface area contributed by atoms with E-state index in [4.69, 9.17) is 11.6 Å². The highest BCUT2D eigenvalue weighted by molar-refractivity contribution is 6.31. The summed E-state index contributed by atoms with van der Waals surface area (Å²) in [6, 6.07) is 3.41. The molecule has 0 fully saturated rings. The monoisotopic (exact) mass is 319 g/mol. The summed E-state index contributed by atoms with van der Waals surface area (Å²) in [6.07, 6.45) is 2.74. The summed E-state index contributed by atoms with van der Waals surface area (Å²) in [7, 11) is 0. The minimum Gasteiger partial charge on any atom is -0.303 e. The zero-order valence-corrected chi connectivity index (χ0v) is 14.0. The lowest BCUT2D eigenvalue weighted by Gasteiger charge is -2.29. The van der Waals surface area contributed by atoms with Gasteiger partial charge in [-0.2, -0.15) is 0 Å². The molecular weight excluding hydrogens is 301 g/mol. The van der Waals surface area contributed by atoms with Crippen molar-refractivity contribution >= 4 is 23.2 Å². The lowest BCUT2D eigenvalue weighted by atomic mass is 9.95. The van der Waals surface area contributed by atoms with Crippen LogP contribution in [0.3, 0.4) is 0 Å². The molecule has 0 amide bonds. The lowest BCUT2D eigenvalue weighted by Crippen LogP contribution is -2.29. The second-order valence-corrected chi connectivity index (χ2v) is 6.41. The summed E-state index contributed by atoms with van der Waals surface area (Å²) in [6.45, 7) is 12.3. The third kappa shape index (κ3) is 1.83. The van der Waals surface area contributed by atoms with Crippen molar-refractivity contribution in [3.63, 3.8) is 0 Å². The molecule has 0 saturated carbocycles. The maximum absolute atomic E-state index is 13.8. The maximum Gasteiger partial charge on any atom is 0.215 e. The predicted molar refractivity (Wildman–Crippen MR) is 88.3 cm³/mol. The van der Waals surface area contributed by atoms with Crippen LogP contribution in [-0.2, 0) is 5.54 Å². The fraction of sp³-hybridized carbons (Fsp3) is 0.353. The molecule has 2 heterocycles. The van der Waals surface area contributed by atoms with Gasteiger partial charge in [0.25, 0.3) is 0 Å². The van der Waals surface area contributed by atoms with Crippen LogP contribution in [0.4, 0.5) is 16.0 Å². The molecule has 1 unspecified atom stereocenters. The number of allylic oxidation sites excluding steroid dienone is 1. The standard InChI is InChI=1S/C17H19ClFN3/c1-6-17(5)12(4)21(16-20-9-11(3)22(16)17)13-7-10(2)15(19)14(18)8-13/h7-9H,4,6H2,1-3,5H3. The molecule has 116 valence electrons. The largest absolute Gasteiger partial charge is 0.303 e. The Balaban J connectivity index is 2.23. The SMILES string of the molecule is C=C1N(c2cc(C)c(F)c(Cl)c2)c2ncc(C)n2C1(C)CC. The number of aryl methyl sites for hydroxylation is 2. The molecule has 22 heavy (non-hydrogen) atoms. The molecule has 2 aromatic rings. The van der Waals surface area contributed by atoms with E-state index < -0.39 is 0 Å². The summed E-state index contributed by atoms with van der Waals surface area (Å²) >= 11 is 6.02. The van der Waals surface area contributed by atoms with Crippen LogP contribution < -0.4 is 4.90 Å². The van der Waals surface area contributed by atoms with Gasteiger partial charge in [0.1, 0.15) is 5.82 Å². The van der Waals surface area contributed by atoms with Crippen molar-refractivity contribution in [2.45, 2.75) is 39.7 Å². The van der Waals surface area contributed by atoms with Crippen LogP contribution in [0.2, 0.25) is 5.02 Å². The van der Waals surface area contributed by atoms with Gasteiger partial charge in [0, 0.05) is 11.4 Å². The predicted octanol–water partition coefficient (Wildman–Crippen LogP) is 5.08. The van der Waals surface area contributed by atoms with Gasteiger partial charge in [-0.05, 0) is 44.9 Å². The first-order valence-corrected chi connectivity index (χ1v) is 7.69. The van der Waals surface area contributed by atoms with Gasteiger partial charge in [0.2, 0.25) is 5.95 Å². The Morgan fingerprint density at radius 1 is 1.36 bits per heavy atom. The Labute approximate surface area is 135 Å². The highest BCUT2D eigenvalue weighted by atomic mass is 35.5. The number of hydrogen-bond acceptors (Lipinski definition) is 2. The van der Waals surface area contributed by atoms with Gasteiger partial charge < -0.3 is 4.57 Å². The number of imidazole rings is 1. The fourth-order valence-electron chi connectivity index (χ4n) is 3.15. The highest BCUT2D eigenvalue weighted by Crippen LogP contribution is 2.48. The quantitative estimate of drug-likeness (QED) is 0.769. The Hall–Kier alpha value is -1.81. The van der Waals surface area contributed by atoms with Gasteiger partial charge in [0.15, 0.2) is 0 Å². The zero-order chi connectivity index (χ0) is 16.2. The van der Waals surface area contributed by atoms with E-state index >= 15 is 0 Å². The second kappa shape index (κ2) is 4.85. The smallest absolute Gasteiger partial charge is 0.215 e. The first-order chi connectivity index (χ1) is 10.3. The van der Waals surface area contributed by atoms with E-state index in [1.165, 1.54) is 0 Å². The van der Waals surface area contributed by atoms with Crippen LogP contribution in [-0.4, -0.2) is 9.55 Å². The third-order valence-corrected chi connectivity index (χ3v) is 4.92. The molecule has 1 aliphatic heterocycles. The Kier molecular flexibility index (Phi) is 3.33. The van der Waals surface area contributed by atoms with Crippen molar-refractivity contribution in [2.24, 2.45) is 0 Å². The first-order valence-electron chi connectivity index (χ1n) is 7.31. The highest BCUT2D eigenvalue weighted by Gasteiger charge is 2.43. The Morgan fingerprint density at radius 2 is 2.05 bits per heavy atom. The minimum atomic E-state index is -0.381. The van der Waals surface area contributed by atoms with Crippen molar-refractivity contribution in [2.75, 3.05) is 4.90 Å². The van der Waals surface area contributed by atoms with E-state index in [1.807, 2.05) is 18.0 Å². The summed E-state index contributed by atoms with van der Waals surface area (Å²) in [5.74, 6) is 0.418. The third-order valence-electron chi connectivity index (χ3n) is 4.65. The van der Waals surface area contributed by atoms with Gasteiger partial charge >= 0.3 is 0 Å². The van der Waals surface area contributed by atoms with E-state index in [0.29, 0.717) is 5.56 Å². The van der Waals surface area contributed by atoms with Crippen molar-refractivity contribution in [1.29, 1.82) is 0 Å². The van der Waals surface area contributed by atoms with Gasteiger partial charge in [-0.15, -0.1) is 0 Å². The van der Waals surface area contributed by atoms with Crippen molar-refractivity contribution in [3.8, 4) is 0 Å². The number of anilines is 2. The Morgan fingerprint density at radius 3 is 2.64 bits per heavy atom. The molecule has 1 aliphatic rings. The Bertz CT molecular complexity index is 757. The molecule has 1 aromatic heterocycles. The van der Waals surface area contributed by atoms with E-state index in [9.17, 15) is 4.39 Å². The average molecular weight is 320 g/mol. The molecule has 0 bridgehead atoms. The molecule has 0 N–H and O–H groups in total. The van der Waals surface area contributed by atoms with Crippen LogP contribution in [0.5, 0.6) is 0 Å². The average Bonchev–Trinajstić information content (AvgIpc) is 2.95. The number of halogens is 2. The van der Waals surface area contributed by atoms with Crippen molar-refractivity contribution < 1.29 is 4.39 Å². The number of fused-ring (bicyclic) bond motifs is 1. The number of hydrogen-bond donors (Lipinski definition) is 0. The summed E-state index contributed by atoms with van der Waals surface area (Å²) in [4.78, 5) is 6.49. The summed E-state index contributed by atoms with van der Waals surface area (Å²) in [5.41, 5.74) is 3.05. The second-order valence-electron chi connectivity index (χ2n) is 6.00. The maximum atomic E-state index is 13.8. The minimum absolute atomic E-state index is 0.114. The van der Waals surface area contributed by atoms with Gasteiger partial charge in [-0.3, -0.25) is 4.90 Å². The van der Waals surface area contributed by atoms with Gasteiger partial charge in [-0.25, -0.2) is 9.37 Å².